The van der Waals surface area contributed by atoms with E-state index in [1.54, 1.807) is 6.92 Å². The largest absolute Gasteiger partial charge is 0.382 e. The Kier molecular flexibility index (Phi) is 3.81. The number of ether oxygens (including phenoxy) is 1. The molecule has 6 nitrogen and oxygen atoms in total. The van der Waals surface area contributed by atoms with E-state index in [9.17, 15) is 14.7 Å². The van der Waals surface area contributed by atoms with Crippen LogP contribution in [0.2, 0.25) is 0 Å². The van der Waals surface area contributed by atoms with Gasteiger partial charge in [-0.15, -0.1) is 0 Å². The highest BCUT2D eigenvalue weighted by Crippen LogP contribution is 2.08. The lowest BCUT2D eigenvalue weighted by atomic mass is 10.2. The minimum atomic E-state index is -0.996. The molecule has 0 aliphatic carbocycles. The Hall–Kier alpha value is -1.40. The molecule has 0 bridgehead atoms. The first-order valence-corrected chi connectivity index (χ1v) is 4.57. The summed E-state index contributed by atoms with van der Waals surface area (Å²) < 4.78 is 6.01. The van der Waals surface area contributed by atoms with E-state index in [-0.39, 0.29) is 12.5 Å². The van der Waals surface area contributed by atoms with Crippen molar-refractivity contribution in [2.24, 2.45) is 0 Å². The number of nitrogens with zero attached hydrogens (tertiary/aromatic N) is 1. The summed E-state index contributed by atoms with van der Waals surface area (Å²) in [5.74, 6) is 0. The van der Waals surface area contributed by atoms with Crippen LogP contribution in [-0.4, -0.2) is 27.9 Å². The molecule has 84 valence electrons. The number of aliphatic hydroxyl groups excluding tert-OH is 1. The van der Waals surface area contributed by atoms with Gasteiger partial charge in [0.25, 0.3) is 5.56 Å². The van der Waals surface area contributed by atoms with E-state index in [0.717, 1.165) is 4.57 Å². The predicted molar refractivity (Wildman–Crippen MR) is 53.7 cm³/mol. The number of nitrogens with one attached hydrogen (secondary N) is 1. The van der Waals surface area contributed by atoms with Gasteiger partial charge < -0.3 is 9.84 Å². The molecule has 0 aromatic carbocycles. The Labute approximate surface area is 86.1 Å². The Morgan fingerprint density at radius 3 is 2.80 bits per heavy atom. The highest BCUT2D eigenvalue weighted by Gasteiger charge is 2.12. The van der Waals surface area contributed by atoms with E-state index in [0.29, 0.717) is 0 Å². The van der Waals surface area contributed by atoms with Crippen LogP contribution in [0.5, 0.6) is 0 Å². The van der Waals surface area contributed by atoms with Crippen LogP contribution >= 0.6 is 0 Å². The van der Waals surface area contributed by atoms with Crippen molar-refractivity contribution in [2.75, 3.05) is 7.11 Å². The minimum Gasteiger partial charge on any atom is -0.382 e. The summed E-state index contributed by atoms with van der Waals surface area (Å²) in [4.78, 5) is 24.1. The van der Waals surface area contributed by atoms with E-state index in [1.165, 1.54) is 19.4 Å². The SMILES string of the molecule is COC(C)CC(O)n1ccc(=O)[nH]c1=O. The van der Waals surface area contributed by atoms with Gasteiger partial charge in [0.1, 0.15) is 6.23 Å². The Bertz CT molecular complexity index is 423. The van der Waals surface area contributed by atoms with Crippen LogP contribution in [0.3, 0.4) is 0 Å². The van der Waals surface area contributed by atoms with Crippen molar-refractivity contribution >= 4 is 0 Å². The van der Waals surface area contributed by atoms with Gasteiger partial charge in [0.2, 0.25) is 0 Å². The number of aromatic nitrogens is 2. The van der Waals surface area contributed by atoms with Gasteiger partial charge in [-0.25, -0.2) is 4.79 Å². The molecule has 0 saturated carbocycles. The smallest absolute Gasteiger partial charge is 0.330 e. The summed E-state index contributed by atoms with van der Waals surface area (Å²) in [6, 6.07) is 1.18. The Morgan fingerprint density at radius 1 is 1.60 bits per heavy atom. The molecule has 0 aliphatic heterocycles. The lowest BCUT2D eigenvalue weighted by molar-refractivity contribution is 0.0193. The van der Waals surface area contributed by atoms with E-state index in [4.69, 9.17) is 4.74 Å². The summed E-state index contributed by atoms with van der Waals surface area (Å²) in [6.45, 7) is 1.78. The van der Waals surface area contributed by atoms with Crippen molar-refractivity contribution in [3.63, 3.8) is 0 Å². The molecule has 6 heteroatoms. The minimum absolute atomic E-state index is 0.168. The topological polar surface area (TPSA) is 84.3 Å². The van der Waals surface area contributed by atoms with E-state index in [1.807, 2.05) is 0 Å². The molecule has 2 N–H and O–H groups in total. The van der Waals surface area contributed by atoms with Gasteiger partial charge in [-0.2, -0.15) is 0 Å². The summed E-state index contributed by atoms with van der Waals surface area (Å²) in [6.07, 6.45) is 0.375. The zero-order chi connectivity index (χ0) is 11.4. The molecule has 1 heterocycles. The molecule has 1 rings (SSSR count). The van der Waals surface area contributed by atoms with Crippen molar-refractivity contribution in [2.45, 2.75) is 25.7 Å². The fourth-order valence-corrected chi connectivity index (χ4v) is 1.17. The van der Waals surface area contributed by atoms with Gasteiger partial charge in [-0.05, 0) is 6.92 Å². The summed E-state index contributed by atoms with van der Waals surface area (Å²) in [7, 11) is 1.52. The van der Waals surface area contributed by atoms with E-state index >= 15 is 0 Å². The lowest BCUT2D eigenvalue weighted by Gasteiger charge is -2.16. The normalized spacial score (nSPS) is 14.9. The number of aromatic amines is 1. The van der Waals surface area contributed by atoms with Gasteiger partial charge in [-0.3, -0.25) is 14.3 Å². The molecule has 0 fully saturated rings. The Morgan fingerprint density at radius 2 is 2.27 bits per heavy atom. The van der Waals surface area contributed by atoms with Crippen LogP contribution in [-0.2, 0) is 4.74 Å². The number of methoxy groups -OCH3 is 1. The fraction of sp³-hybridized carbons (Fsp3) is 0.556. The summed E-state index contributed by atoms with van der Waals surface area (Å²) in [5, 5.41) is 9.65. The zero-order valence-electron chi connectivity index (χ0n) is 8.64. The van der Waals surface area contributed by atoms with Crippen molar-refractivity contribution < 1.29 is 9.84 Å². The molecule has 1 aromatic heterocycles. The Balaban J connectivity index is 2.87. The number of aliphatic hydroxyl groups is 1. The maximum atomic E-state index is 11.3. The summed E-state index contributed by atoms with van der Waals surface area (Å²) in [5.41, 5.74) is -1.11. The van der Waals surface area contributed by atoms with Crippen LogP contribution in [0.25, 0.3) is 0 Å². The van der Waals surface area contributed by atoms with E-state index < -0.39 is 17.5 Å². The molecular weight excluding hydrogens is 200 g/mol. The monoisotopic (exact) mass is 214 g/mol. The number of hydrogen-bond acceptors (Lipinski definition) is 4. The molecule has 1 aromatic rings. The van der Waals surface area contributed by atoms with Crippen molar-refractivity contribution in [1.82, 2.24) is 9.55 Å². The fourth-order valence-electron chi connectivity index (χ4n) is 1.17. The second kappa shape index (κ2) is 4.90. The predicted octanol–water partition coefficient (Wildman–Crippen LogP) is -0.547. The molecule has 0 radical (unpaired) electrons. The van der Waals surface area contributed by atoms with Gasteiger partial charge in [-0.1, -0.05) is 0 Å². The van der Waals surface area contributed by atoms with Gasteiger partial charge in [0, 0.05) is 25.8 Å². The van der Waals surface area contributed by atoms with Crippen LogP contribution in [0.4, 0.5) is 0 Å². The first kappa shape index (κ1) is 11.7. The third kappa shape index (κ3) is 3.03. The van der Waals surface area contributed by atoms with Gasteiger partial charge in [0.15, 0.2) is 0 Å². The molecule has 0 spiro atoms. The average molecular weight is 214 g/mol. The number of rotatable bonds is 4. The van der Waals surface area contributed by atoms with Crippen LogP contribution < -0.4 is 11.2 Å². The van der Waals surface area contributed by atoms with Crippen LogP contribution in [0.1, 0.15) is 19.6 Å². The van der Waals surface area contributed by atoms with Gasteiger partial charge in [0.05, 0.1) is 6.10 Å². The van der Waals surface area contributed by atoms with Crippen LogP contribution in [0, 0.1) is 0 Å². The van der Waals surface area contributed by atoms with Gasteiger partial charge >= 0.3 is 5.69 Å². The van der Waals surface area contributed by atoms with Crippen molar-refractivity contribution in [3.05, 3.63) is 33.1 Å². The van der Waals surface area contributed by atoms with Crippen molar-refractivity contribution in [3.8, 4) is 0 Å². The van der Waals surface area contributed by atoms with Crippen molar-refractivity contribution in [1.29, 1.82) is 0 Å². The third-order valence-electron chi connectivity index (χ3n) is 2.12. The molecular formula is C9H14N2O4. The maximum absolute atomic E-state index is 11.3. The molecule has 2 unspecified atom stereocenters. The first-order valence-electron chi connectivity index (χ1n) is 4.57. The second-order valence-electron chi connectivity index (χ2n) is 3.28. The molecule has 0 aliphatic rings. The first-order chi connectivity index (χ1) is 7.04. The quantitative estimate of drug-likeness (QED) is 0.704. The third-order valence-corrected chi connectivity index (χ3v) is 2.12. The summed E-state index contributed by atoms with van der Waals surface area (Å²) >= 11 is 0. The lowest BCUT2D eigenvalue weighted by Crippen LogP contribution is -2.32. The molecule has 2 atom stereocenters. The highest BCUT2D eigenvalue weighted by molar-refractivity contribution is 4.84. The maximum Gasteiger partial charge on any atom is 0.330 e. The standard InChI is InChI=1S/C9H14N2O4/c1-6(15-2)5-8(13)11-4-3-7(12)10-9(11)14/h3-4,6,8,13H,5H2,1-2H3,(H,10,12,14). The molecule has 0 saturated heterocycles. The average Bonchev–Trinajstić information content (AvgIpc) is 2.17. The second-order valence-corrected chi connectivity index (χ2v) is 3.28. The number of hydrogen-bond donors (Lipinski definition) is 2. The number of H-pyrrole nitrogens is 1. The molecule has 0 amide bonds. The highest BCUT2D eigenvalue weighted by atomic mass is 16.5. The molecule has 15 heavy (non-hydrogen) atoms. The van der Waals surface area contributed by atoms with E-state index in [2.05, 4.69) is 4.98 Å². The zero-order valence-corrected chi connectivity index (χ0v) is 8.64. The van der Waals surface area contributed by atoms with Crippen LogP contribution in [0.15, 0.2) is 21.9 Å².